The van der Waals surface area contributed by atoms with Crippen LogP contribution in [0.3, 0.4) is 0 Å². The number of nitro benzene ring substituents is 1. The molecule has 2 aliphatic heterocycles. The van der Waals surface area contributed by atoms with Gasteiger partial charge >= 0.3 is 0 Å². The van der Waals surface area contributed by atoms with Crippen molar-refractivity contribution in [3.63, 3.8) is 0 Å². The first-order valence-electron chi connectivity index (χ1n) is 8.17. The molecule has 2 N–H and O–H groups in total. The molecule has 0 unspecified atom stereocenters. The molecule has 0 radical (unpaired) electrons. The number of carbonyl (C=O) groups excluding carboxylic acids is 1. The van der Waals surface area contributed by atoms with Gasteiger partial charge in [0.15, 0.2) is 0 Å². The van der Waals surface area contributed by atoms with Crippen molar-refractivity contribution < 1.29 is 18.1 Å². The van der Waals surface area contributed by atoms with E-state index in [9.17, 15) is 23.3 Å². The van der Waals surface area contributed by atoms with Crippen molar-refractivity contribution >= 4 is 27.3 Å². The van der Waals surface area contributed by atoms with Crippen molar-refractivity contribution in [2.24, 2.45) is 5.73 Å². The van der Waals surface area contributed by atoms with Crippen LogP contribution in [0.4, 0.5) is 11.4 Å². The third-order valence-electron chi connectivity index (χ3n) is 4.73. The molecule has 1 aromatic rings. The predicted octanol–water partition coefficient (Wildman–Crippen LogP) is 0.833. The molecular formula is C15H20N4O5S. The number of nitrogens with two attached hydrogens (primary N) is 1. The summed E-state index contributed by atoms with van der Waals surface area (Å²) in [5, 5.41) is 11.1. The summed E-state index contributed by atoms with van der Waals surface area (Å²) in [6.07, 6.45) is 2.76. The summed E-state index contributed by atoms with van der Waals surface area (Å²) in [6, 6.07) is 3.14. The maximum Gasteiger partial charge on any atom is 0.270 e. The Morgan fingerprint density at radius 2 is 1.88 bits per heavy atom. The highest BCUT2D eigenvalue weighted by Gasteiger charge is 2.36. The van der Waals surface area contributed by atoms with Crippen molar-refractivity contribution in [2.45, 2.75) is 36.6 Å². The molecule has 9 nitrogen and oxygen atoms in total. The lowest BCUT2D eigenvalue weighted by molar-refractivity contribution is -0.385. The van der Waals surface area contributed by atoms with Gasteiger partial charge in [-0.1, -0.05) is 0 Å². The van der Waals surface area contributed by atoms with E-state index in [0.29, 0.717) is 38.2 Å². The number of hydrogen-bond donors (Lipinski definition) is 1. The highest BCUT2D eigenvalue weighted by molar-refractivity contribution is 7.89. The van der Waals surface area contributed by atoms with Crippen molar-refractivity contribution in [2.75, 3.05) is 24.5 Å². The summed E-state index contributed by atoms with van der Waals surface area (Å²) in [5.74, 6) is -0.527. The van der Waals surface area contributed by atoms with Crippen molar-refractivity contribution in [3.05, 3.63) is 28.3 Å². The van der Waals surface area contributed by atoms with E-state index < -0.39 is 26.9 Å². The van der Waals surface area contributed by atoms with Crippen LogP contribution in [0.5, 0.6) is 0 Å². The fourth-order valence-electron chi connectivity index (χ4n) is 3.48. The first-order valence-corrected chi connectivity index (χ1v) is 9.61. The molecule has 2 saturated heterocycles. The molecule has 1 aromatic carbocycles. The summed E-state index contributed by atoms with van der Waals surface area (Å²) in [6.45, 7) is 1.27. The minimum absolute atomic E-state index is 0.128. The van der Waals surface area contributed by atoms with Gasteiger partial charge in [0.05, 0.1) is 10.6 Å². The minimum Gasteiger partial charge on any atom is -0.368 e. The number of benzene rings is 1. The average molecular weight is 368 g/mol. The third kappa shape index (κ3) is 3.19. The van der Waals surface area contributed by atoms with Gasteiger partial charge in [0.1, 0.15) is 10.9 Å². The SMILES string of the molecule is NC(=O)[C@@H]1CCCN1c1ccc([N+](=O)[O-])cc1S(=O)(=O)N1CCCC1. The van der Waals surface area contributed by atoms with Gasteiger partial charge in [0, 0.05) is 31.8 Å². The topological polar surface area (TPSA) is 127 Å². The Morgan fingerprint density at radius 1 is 1.20 bits per heavy atom. The van der Waals surface area contributed by atoms with E-state index in [-0.39, 0.29) is 10.6 Å². The monoisotopic (exact) mass is 368 g/mol. The largest absolute Gasteiger partial charge is 0.368 e. The van der Waals surface area contributed by atoms with E-state index in [0.717, 1.165) is 18.9 Å². The number of hydrogen-bond acceptors (Lipinski definition) is 6. The molecule has 0 aliphatic carbocycles. The van der Waals surface area contributed by atoms with Crippen LogP contribution in [0, 0.1) is 10.1 Å². The Morgan fingerprint density at radius 3 is 2.48 bits per heavy atom. The minimum atomic E-state index is -3.88. The third-order valence-corrected chi connectivity index (χ3v) is 6.66. The number of anilines is 1. The molecule has 25 heavy (non-hydrogen) atoms. The van der Waals surface area contributed by atoms with Crippen LogP contribution in [-0.4, -0.2) is 49.2 Å². The van der Waals surface area contributed by atoms with E-state index in [2.05, 4.69) is 0 Å². The van der Waals surface area contributed by atoms with Gasteiger partial charge in [-0.05, 0) is 31.7 Å². The number of sulfonamides is 1. The van der Waals surface area contributed by atoms with Gasteiger partial charge in [-0.2, -0.15) is 4.31 Å². The Bertz CT molecular complexity index is 804. The van der Waals surface area contributed by atoms with E-state index in [1.54, 1.807) is 4.90 Å². The highest BCUT2D eigenvalue weighted by Crippen LogP contribution is 2.36. The van der Waals surface area contributed by atoms with E-state index in [1.807, 2.05) is 0 Å². The van der Waals surface area contributed by atoms with E-state index in [1.165, 1.54) is 16.4 Å². The number of nitro groups is 1. The first-order chi connectivity index (χ1) is 11.8. The zero-order valence-corrected chi connectivity index (χ0v) is 14.4. The lowest BCUT2D eigenvalue weighted by Crippen LogP contribution is -2.41. The summed E-state index contributed by atoms with van der Waals surface area (Å²) >= 11 is 0. The lowest BCUT2D eigenvalue weighted by Gasteiger charge is -2.27. The second-order valence-electron chi connectivity index (χ2n) is 6.27. The Kier molecular flexibility index (Phi) is 4.65. The molecule has 1 atom stereocenters. The van der Waals surface area contributed by atoms with Gasteiger partial charge in [-0.15, -0.1) is 0 Å². The molecule has 2 fully saturated rings. The van der Waals surface area contributed by atoms with Crippen LogP contribution in [0.1, 0.15) is 25.7 Å². The Hall–Kier alpha value is -2.20. The zero-order chi connectivity index (χ0) is 18.2. The molecule has 0 saturated carbocycles. The van der Waals surface area contributed by atoms with Crippen molar-refractivity contribution in [1.29, 1.82) is 0 Å². The van der Waals surface area contributed by atoms with Gasteiger partial charge in [-0.25, -0.2) is 8.42 Å². The predicted molar refractivity (Wildman–Crippen MR) is 90.7 cm³/mol. The maximum atomic E-state index is 13.0. The number of primary amides is 1. The molecule has 136 valence electrons. The smallest absolute Gasteiger partial charge is 0.270 e. The lowest BCUT2D eigenvalue weighted by atomic mass is 10.2. The molecule has 0 aromatic heterocycles. The normalized spacial score (nSPS) is 21.6. The van der Waals surface area contributed by atoms with Gasteiger partial charge in [0.25, 0.3) is 5.69 Å². The fourth-order valence-corrected chi connectivity index (χ4v) is 5.22. The molecule has 10 heteroatoms. The van der Waals surface area contributed by atoms with Crippen LogP contribution in [0.25, 0.3) is 0 Å². The Balaban J connectivity index is 2.12. The number of nitrogens with zero attached hydrogens (tertiary/aromatic N) is 3. The Labute approximate surface area is 145 Å². The second kappa shape index (κ2) is 6.60. The highest BCUT2D eigenvalue weighted by atomic mass is 32.2. The van der Waals surface area contributed by atoms with Crippen LogP contribution in [0.15, 0.2) is 23.1 Å². The molecule has 1 amide bonds. The standard InChI is InChI=1S/C15H20N4O5S/c16-15(20)13-4-3-9-18(13)12-6-5-11(19(21)22)10-14(12)25(23,24)17-7-1-2-8-17/h5-6,10,13H,1-4,7-9H2,(H2,16,20)/t13-/m0/s1. The van der Waals surface area contributed by atoms with Crippen molar-refractivity contribution in [1.82, 2.24) is 4.31 Å². The average Bonchev–Trinajstić information content (AvgIpc) is 3.25. The molecule has 3 rings (SSSR count). The number of carbonyl (C=O) groups is 1. The zero-order valence-electron chi connectivity index (χ0n) is 13.6. The van der Waals surface area contributed by atoms with Crippen molar-refractivity contribution in [3.8, 4) is 0 Å². The molecule has 0 bridgehead atoms. The van der Waals surface area contributed by atoms with Gasteiger partial charge < -0.3 is 10.6 Å². The van der Waals surface area contributed by atoms with Crippen LogP contribution < -0.4 is 10.6 Å². The molecule has 2 heterocycles. The number of non-ortho nitro benzene ring substituents is 1. The van der Waals surface area contributed by atoms with Crippen LogP contribution in [-0.2, 0) is 14.8 Å². The van der Waals surface area contributed by atoms with E-state index in [4.69, 9.17) is 5.73 Å². The van der Waals surface area contributed by atoms with E-state index >= 15 is 0 Å². The first kappa shape index (κ1) is 17.6. The summed E-state index contributed by atoms with van der Waals surface area (Å²) in [7, 11) is -3.88. The fraction of sp³-hybridized carbons (Fsp3) is 0.533. The van der Waals surface area contributed by atoms with Crippen LogP contribution >= 0.6 is 0 Å². The molecule has 2 aliphatic rings. The number of amides is 1. The molecular weight excluding hydrogens is 348 g/mol. The maximum absolute atomic E-state index is 13.0. The summed E-state index contributed by atoms with van der Waals surface area (Å²) < 4.78 is 27.4. The quantitative estimate of drug-likeness (QED) is 0.606. The summed E-state index contributed by atoms with van der Waals surface area (Å²) in [4.78, 5) is 23.7. The summed E-state index contributed by atoms with van der Waals surface area (Å²) in [5.41, 5.74) is 5.45. The molecule has 0 spiro atoms. The van der Waals surface area contributed by atoms with Gasteiger partial charge in [-0.3, -0.25) is 14.9 Å². The number of rotatable bonds is 5. The van der Waals surface area contributed by atoms with Crippen LogP contribution in [0.2, 0.25) is 0 Å². The second-order valence-corrected chi connectivity index (χ2v) is 8.18. The van der Waals surface area contributed by atoms with Gasteiger partial charge in [0.2, 0.25) is 15.9 Å².